The van der Waals surface area contributed by atoms with Crippen molar-refractivity contribution in [2.24, 2.45) is 0 Å². The lowest BCUT2D eigenvalue weighted by atomic mass is 10.1. The lowest BCUT2D eigenvalue weighted by Gasteiger charge is -2.18. The fourth-order valence-electron chi connectivity index (χ4n) is 1.26. The van der Waals surface area contributed by atoms with E-state index in [0.717, 1.165) is 5.56 Å². The van der Waals surface area contributed by atoms with Gasteiger partial charge in [-0.1, -0.05) is 0 Å². The van der Waals surface area contributed by atoms with E-state index in [2.05, 4.69) is 15.9 Å². The number of benzene rings is 1. The Balaban J connectivity index is 2.50. The van der Waals surface area contributed by atoms with E-state index in [9.17, 15) is 4.79 Å². The zero-order valence-corrected chi connectivity index (χ0v) is 8.70. The van der Waals surface area contributed by atoms with Crippen molar-refractivity contribution in [2.45, 2.75) is 6.61 Å². The topological polar surface area (TPSA) is 55.8 Å². The molecule has 1 aliphatic heterocycles. The second-order valence-corrected chi connectivity index (χ2v) is 3.71. The van der Waals surface area contributed by atoms with E-state index in [1.807, 2.05) is 0 Å². The summed E-state index contributed by atoms with van der Waals surface area (Å²) in [5, 5.41) is 8.85. The highest BCUT2D eigenvalue weighted by Gasteiger charge is 2.16. The van der Waals surface area contributed by atoms with Crippen molar-refractivity contribution >= 4 is 21.9 Å². The summed E-state index contributed by atoms with van der Waals surface area (Å²) < 4.78 is 10.8. The van der Waals surface area contributed by atoms with Crippen LogP contribution in [0.2, 0.25) is 0 Å². The minimum absolute atomic E-state index is 0.174. The van der Waals surface area contributed by atoms with E-state index < -0.39 is 5.97 Å². The minimum Gasteiger partial charge on any atom is -0.478 e. The first kappa shape index (κ1) is 9.48. The molecule has 0 bridgehead atoms. The smallest absolute Gasteiger partial charge is 0.336 e. The van der Waals surface area contributed by atoms with Crippen LogP contribution in [-0.4, -0.2) is 17.9 Å². The molecule has 0 saturated carbocycles. The molecule has 0 aromatic heterocycles. The van der Waals surface area contributed by atoms with Crippen LogP contribution in [0.4, 0.5) is 0 Å². The van der Waals surface area contributed by atoms with Gasteiger partial charge in [-0.05, 0) is 28.1 Å². The molecular formula is C9H7BrO4. The van der Waals surface area contributed by atoms with Crippen LogP contribution in [-0.2, 0) is 11.3 Å². The number of aromatic carboxylic acids is 1. The molecule has 74 valence electrons. The van der Waals surface area contributed by atoms with Crippen LogP contribution in [0.3, 0.4) is 0 Å². The maximum Gasteiger partial charge on any atom is 0.336 e. The summed E-state index contributed by atoms with van der Waals surface area (Å²) in [5.74, 6) is -0.397. The Hall–Kier alpha value is -1.07. The van der Waals surface area contributed by atoms with Crippen LogP contribution in [0.1, 0.15) is 15.9 Å². The SMILES string of the molecule is O=C(O)c1cc2c(cc1Br)COCO2. The molecule has 4 nitrogen and oxygen atoms in total. The van der Waals surface area contributed by atoms with Gasteiger partial charge in [-0.2, -0.15) is 0 Å². The Kier molecular flexibility index (Phi) is 2.43. The number of ether oxygens (including phenoxy) is 2. The maximum absolute atomic E-state index is 10.8. The summed E-state index contributed by atoms with van der Waals surface area (Å²) in [6.45, 7) is 0.627. The molecule has 0 amide bonds. The minimum atomic E-state index is -0.977. The molecule has 0 fully saturated rings. The second kappa shape index (κ2) is 3.59. The van der Waals surface area contributed by atoms with Gasteiger partial charge in [0, 0.05) is 10.0 Å². The molecule has 0 unspecified atom stereocenters. The third kappa shape index (κ3) is 1.60. The van der Waals surface area contributed by atoms with E-state index in [-0.39, 0.29) is 12.4 Å². The molecule has 1 heterocycles. The standard InChI is InChI=1S/C9H7BrO4/c10-7-1-5-3-13-4-14-8(5)2-6(7)9(11)12/h1-2H,3-4H2,(H,11,12). The number of carboxylic acid groups (broad SMARTS) is 1. The van der Waals surface area contributed by atoms with E-state index in [1.165, 1.54) is 6.07 Å². The normalized spacial score (nSPS) is 14.4. The number of halogens is 1. The molecule has 1 N–H and O–H groups in total. The lowest BCUT2D eigenvalue weighted by molar-refractivity contribution is -0.0165. The Morgan fingerprint density at radius 1 is 1.50 bits per heavy atom. The quantitative estimate of drug-likeness (QED) is 0.838. The predicted molar refractivity (Wildman–Crippen MR) is 51.4 cm³/mol. The summed E-state index contributed by atoms with van der Waals surface area (Å²) in [7, 11) is 0. The van der Waals surface area contributed by atoms with Crippen LogP contribution >= 0.6 is 15.9 Å². The van der Waals surface area contributed by atoms with Gasteiger partial charge in [0.2, 0.25) is 0 Å². The van der Waals surface area contributed by atoms with Gasteiger partial charge in [0.25, 0.3) is 0 Å². The van der Waals surface area contributed by atoms with Crippen LogP contribution in [0.25, 0.3) is 0 Å². The lowest BCUT2D eigenvalue weighted by Crippen LogP contribution is -2.12. The van der Waals surface area contributed by atoms with Gasteiger partial charge in [-0.25, -0.2) is 4.79 Å². The average Bonchev–Trinajstić information content (AvgIpc) is 2.16. The molecule has 1 aromatic rings. The first-order valence-electron chi connectivity index (χ1n) is 3.95. The molecule has 1 aromatic carbocycles. The molecule has 0 spiro atoms. The molecule has 0 atom stereocenters. The zero-order chi connectivity index (χ0) is 10.1. The van der Waals surface area contributed by atoms with E-state index in [4.69, 9.17) is 14.6 Å². The van der Waals surface area contributed by atoms with Gasteiger partial charge < -0.3 is 14.6 Å². The van der Waals surface area contributed by atoms with E-state index in [1.54, 1.807) is 6.07 Å². The van der Waals surface area contributed by atoms with Crippen molar-refractivity contribution in [1.29, 1.82) is 0 Å². The van der Waals surface area contributed by atoms with Crippen LogP contribution in [0, 0.1) is 0 Å². The van der Waals surface area contributed by atoms with E-state index in [0.29, 0.717) is 16.8 Å². The summed E-state index contributed by atoms with van der Waals surface area (Å²) in [6, 6.07) is 3.21. The highest BCUT2D eigenvalue weighted by molar-refractivity contribution is 9.10. The van der Waals surface area contributed by atoms with Crippen LogP contribution in [0.5, 0.6) is 5.75 Å². The molecule has 0 saturated heterocycles. The highest BCUT2D eigenvalue weighted by Crippen LogP contribution is 2.30. The summed E-state index contributed by atoms with van der Waals surface area (Å²) in [6.07, 6.45) is 0. The van der Waals surface area contributed by atoms with E-state index >= 15 is 0 Å². The van der Waals surface area contributed by atoms with Gasteiger partial charge in [-0.3, -0.25) is 0 Å². The molecule has 0 aliphatic carbocycles. The Morgan fingerprint density at radius 2 is 2.29 bits per heavy atom. The zero-order valence-electron chi connectivity index (χ0n) is 7.12. The summed E-state index contributed by atoms with van der Waals surface area (Å²) >= 11 is 3.18. The first-order valence-corrected chi connectivity index (χ1v) is 4.74. The number of carbonyl (C=O) groups is 1. The highest BCUT2D eigenvalue weighted by atomic mass is 79.9. The molecule has 0 radical (unpaired) electrons. The monoisotopic (exact) mass is 258 g/mol. The Morgan fingerprint density at radius 3 is 3.00 bits per heavy atom. The molecular weight excluding hydrogens is 252 g/mol. The molecule has 2 rings (SSSR count). The van der Waals surface area contributed by atoms with Crippen LogP contribution < -0.4 is 4.74 Å². The van der Waals surface area contributed by atoms with Crippen molar-refractivity contribution in [3.8, 4) is 5.75 Å². The third-order valence-electron chi connectivity index (χ3n) is 1.94. The second-order valence-electron chi connectivity index (χ2n) is 2.86. The summed E-state index contributed by atoms with van der Waals surface area (Å²) in [4.78, 5) is 10.8. The predicted octanol–water partition coefficient (Wildman–Crippen LogP) is 2.01. The van der Waals surface area contributed by atoms with Crippen molar-refractivity contribution in [2.75, 3.05) is 6.79 Å². The average molecular weight is 259 g/mol. The first-order chi connectivity index (χ1) is 6.68. The fraction of sp³-hybridized carbons (Fsp3) is 0.222. The largest absolute Gasteiger partial charge is 0.478 e. The number of hydrogen-bond donors (Lipinski definition) is 1. The number of carboxylic acids is 1. The maximum atomic E-state index is 10.8. The van der Waals surface area contributed by atoms with Crippen LogP contribution in [0.15, 0.2) is 16.6 Å². The molecule has 5 heteroatoms. The number of fused-ring (bicyclic) bond motifs is 1. The fourth-order valence-corrected chi connectivity index (χ4v) is 1.82. The molecule has 1 aliphatic rings. The van der Waals surface area contributed by atoms with Gasteiger partial charge in [0.1, 0.15) is 5.75 Å². The van der Waals surface area contributed by atoms with Gasteiger partial charge in [0.15, 0.2) is 6.79 Å². The van der Waals surface area contributed by atoms with Gasteiger partial charge in [0.05, 0.1) is 12.2 Å². The Bertz CT molecular complexity index is 389. The van der Waals surface area contributed by atoms with Gasteiger partial charge in [-0.15, -0.1) is 0 Å². The third-order valence-corrected chi connectivity index (χ3v) is 2.59. The van der Waals surface area contributed by atoms with Crippen molar-refractivity contribution < 1.29 is 19.4 Å². The number of rotatable bonds is 1. The van der Waals surface area contributed by atoms with Gasteiger partial charge >= 0.3 is 5.97 Å². The molecule has 14 heavy (non-hydrogen) atoms. The summed E-state index contributed by atoms with van der Waals surface area (Å²) in [5.41, 5.74) is 1.05. The van der Waals surface area contributed by atoms with Crippen molar-refractivity contribution in [1.82, 2.24) is 0 Å². The number of hydrogen-bond acceptors (Lipinski definition) is 3. The van der Waals surface area contributed by atoms with Crippen molar-refractivity contribution in [3.63, 3.8) is 0 Å². The Labute approximate surface area is 88.6 Å². The van der Waals surface area contributed by atoms with Crippen molar-refractivity contribution in [3.05, 3.63) is 27.7 Å².